The number of nitrogens with one attached hydrogen (secondary N) is 1. The summed E-state index contributed by atoms with van der Waals surface area (Å²) in [6, 6.07) is 11.0. The number of benzene rings is 2. The average Bonchev–Trinajstić information content (AvgIpc) is 3.49. The second-order valence-electron chi connectivity index (χ2n) is 10.8. The molecule has 1 amide bonds. The van der Waals surface area contributed by atoms with Crippen LogP contribution in [0.15, 0.2) is 60.9 Å². The quantitative estimate of drug-likeness (QED) is 0.222. The molecule has 5 rings (SSSR count). The van der Waals surface area contributed by atoms with E-state index in [9.17, 15) is 18.0 Å². The number of nitrogens with zero attached hydrogens (tertiary/aromatic N) is 5. The number of hydrogen-bond donors (Lipinski definition) is 1. The van der Waals surface area contributed by atoms with Gasteiger partial charge in [-0.15, -0.1) is 0 Å². The predicted octanol–water partition coefficient (Wildman–Crippen LogP) is 6.75. The zero-order chi connectivity index (χ0) is 31.6. The van der Waals surface area contributed by atoms with Crippen LogP contribution in [0.1, 0.15) is 40.7 Å². The molecule has 2 aromatic carbocycles. The molecule has 44 heavy (non-hydrogen) atoms. The number of carbonyl (C=O) groups excluding carboxylic acids is 1. The first-order valence-electron chi connectivity index (χ1n) is 14.1. The Morgan fingerprint density at radius 1 is 1.11 bits per heavy atom. The number of hydrogen-bond acceptors (Lipinski definition) is 7. The van der Waals surface area contributed by atoms with Gasteiger partial charge in [0.05, 0.1) is 33.8 Å². The van der Waals surface area contributed by atoms with Crippen molar-refractivity contribution < 1.29 is 27.1 Å². The van der Waals surface area contributed by atoms with Gasteiger partial charge in [0.15, 0.2) is 0 Å². The van der Waals surface area contributed by atoms with Gasteiger partial charge in [0.2, 0.25) is 5.88 Å². The van der Waals surface area contributed by atoms with Crippen molar-refractivity contribution in [1.82, 2.24) is 19.9 Å². The van der Waals surface area contributed by atoms with E-state index < -0.39 is 29.0 Å². The standard InChI is InChI=1S/C32H32F4N6O2/c1-5-29-37-13-10-25(39-29)22-7-6-12-38-31(22)44-28-17-23(24(33)15-19(28)2)30(43)40-26-16-20(32(34,35)36)8-9-27(26)42-14-11-21(18-42)41(3)4/h6-10,12-13,15-17,21H,5,11,14,18H2,1-4H3,(H,40,43)/t21-/m1/s1. The van der Waals surface area contributed by atoms with Gasteiger partial charge in [0.1, 0.15) is 17.4 Å². The maximum atomic E-state index is 15.2. The van der Waals surface area contributed by atoms with E-state index in [2.05, 4.69) is 20.3 Å². The fourth-order valence-corrected chi connectivity index (χ4v) is 5.09. The minimum absolute atomic E-state index is 0.0609. The molecular formula is C32H32F4N6O2. The topological polar surface area (TPSA) is 83.5 Å². The molecule has 8 nitrogen and oxygen atoms in total. The number of alkyl halides is 3. The third-order valence-corrected chi connectivity index (χ3v) is 7.59. The summed E-state index contributed by atoms with van der Waals surface area (Å²) in [6.45, 7) is 4.70. The first kappa shape index (κ1) is 30.9. The van der Waals surface area contributed by atoms with Crippen LogP contribution in [0.5, 0.6) is 11.6 Å². The van der Waals surface area contributed by atoms with E-state index in [0.717, 1.165) is 24.6 Å². The summed E-state index contributed by atoms with van der Waals surface area (Å²) in [7, 11) is 3.88. The minimum atomic E-state index is -4.63. The summed E-state index contributed by atoms with van der Waals surface area (Å²) in [4.78, 5) is 30.5. The highest BCUT2D eigenvalue weighted by molar-refractivity contribution is 6.06. The molecular weight excluding hydrogens is 576 g/mol. The Balaban J connectivity index is 1.47. The van der Waals surface area contributed by atoms with Gasteiger partial charge in [0, 0.05) is 37.9 Å². The second-order valence-corrected chi connectivity index (χ2v) is 10.8. The molecule has 1 aliphatic rings. The number of aryl methyl sites for hydroxylation is 2. The fourth-order valence-electron chi connectivity index (χ4n) is 5.09. The second kappa shape index (κ2) is 12.6. The molecule has 1 aliphatic heterocycles. The van der Waals surface area contributed by atoms with Crippen molar-refractivity contribution in [2.75, 3.05) is 37.4 Å². The molecule has 1 atom stereocenters. The summed E-state index contributed by atoms with van der Waals surface area (Å²) in [5, 5.41) is 2.54. The number of ether oxygens (including phenoxy) is 1. The van der Waals surface area contributed by atoms with Crippen LogP contribution < -0.4 is 15.0 Å². The maximum Gasteiger partial charge on any atom is 0.416 e. The molecule has 0 saturated carbocycles. The summed E-state index contributed by atoms with van der Waals surface area (Å²) >= 11 is 0. The average molecular weight is 609 g/mol. The zero-order valence-electron chi connectivity index (χ0n) is 24.7. The number of rotatable bonds is 8. The molecule has 0 spiro atoms. The first-order valence-corrected chi connectivity index (χ1v) is 14.1. The fraction of sp³-hybridized carbons (Fsp3) is 0.312. The van der Waals surface area contributed by atoms with E-state index in [1.165, 1.54) is 18.3 Å². The number of likely N-dealkylation sites (N-methyl/N-ethyl adjacent to an activating group) is 1. The van der Waals surface area contributed by atoms with Crippen LogP contribution in [0.3, 0.4) is 0 Å². The Kier molecular flexibility index (Phi) is 8.82. The molecule has 1 fully saturated rings. The monoisotopic (exact) mass is 608 g/mol. The highest BCUT2D eigenvalue weighted by Gasteiger charge is 2.33. The molecule has 2 aromatic heterocycles. The van der Waals surface area contributed by atoms with Crippen LogP contribution in [0.2, 0.25) is 0 Å². The van der Waals surface area contributed by atoms with Gasteiger partial charge in [-0.3, -0.25) is 4.79 Å². The molecule has 0 aliphatic carbocycles. The van der Waals surface area contributed by atoms with Gasteiger partial charge in [-0.25, -0.2) is 19.3 Å². The lowest BCUT2D eigenvalue weighted by Crippen LogP contribution is -2.32. The van der Waals surface area contributed by atoms with Crippen molar-refractivity contribution in [2.24, 2.45) is 0 Å². The SMILES string of the molecule is CCc1nccc(-c2cccnc2Oc2cc(C(=O)Nc3cc(C(F)(F)F)ccc3N3CC[C@@H](N(C)C)C3)c(F)cc2C)n1. The predicted molar refractivity (Wildman–Crippen MR) is 160 cm³/mol. The smallest absolute Gasteiger partial charge is 0.416 e. The molecule has 0 unspecified atom stereocenters. The molecule has 4 aromatic rings. The van der Waals surface area contributed by atoms with Gasteiger partial charge < -0.3 is 19.9 Å². The maximum absolute atomic E-state index is 15.2. The van der Waals surface area contributed by atoms with Gasteiger partial charge >= 0.3 is 6.18 Å². The number of aromatic nitrogens is 3. The van der Waals surface area contributed by atoms with Crippen molar-refractivity contribution in [1.29, 1.82) is 0 Å². The number of amides is 1. The van der Waals surface area contributed by atoms with Crippen molar-refractivity contribution in [3.63, 3.8) is 0 Å². The normalized spacial score (nSPS) is 15.1. The van der Waals surface area contributed by atoms with E-state index in [-0.39, 0.29) is 23.4 Å². The Bertz CT molecular complexity index is 1680. The van der Waals surface area contributed by atoms with Gasteiger partial charge in [-0.2, -0.15) is 13.2 Å². The molecule has 12 heteroatoms. The van der Waals surface area contributed by atoms with Crippen molar-refractivity contribution in [3.05, 3.63) is 89.3 Å². The summed E-state index contributed by atoms with van der Waals surface area (Å²) < 4.78 is 62.2. The zero-order valence-corrected chi connectivity index (χ0v) is 24.7. The largest absolute Gasteiger partial charge is 0.438 e. The number of pyridine rings is 1. The molecule has 230 valence electrons. The Hall–Kier alpha value is -4.58. The summed E-state index contributed by atoms with van der Waals surface area (Å²) in [5.74, 6) is -0.799. The Labute approximate surface area is 252 Å². The van der Waals surface area contributed by atoms with E-state index in [0.29, 0.717) is 47.8 Å². The third kappa shape index (κ3) is 6.65. The molecule has 1 N–H and O–H groups in total. The molecule has 1 saturated heterocycles. The summed E-state index contributed by atoms with van der Waals surface area (Å²) in [5.41, 5.74) is 0.575. The Morgan fingerprint density at radius 3 is 2.61 bits per heavy atom. The van der Waals surface area contributed by atoms with Crippen LogP contribution in [0, 0.1) is 12.7 Å². The van der Waals surface area contributed by atoms with Gasteiger partial charge in [-0.1, -0.05) is 6.92 Å². The third-order valence-electron chi connectivity index (χ3n) is 7.59. The van der Waals surface area contributed by atoms with Crippen LogP contribution in [-0.4, -0.2) is 59.0 Å². The first-order chi connectivity index (χ1) is 20.9. The van der Waals surface area contributed by atoms with E-state index in [1.54, 1.807) is 31.3 Å². The molecule has 0 radical (unpaired) electrons. The van der Waals surface area contributed by atoms with Crippen LogP contribution in [0.4, 0.5) is 28.9 Å². The van der Waals surface area contributed by atoms with E-state index >= 15 is 4.39 Å². The van der Waals surface area contributed by atoms with Crippen LogP contribution in [-0.2, 0) is 12.6 Å². The minimum Gasteiger partial charge on any atom is -0.438 e. The van der Waals surface area contributed by atoms with Crippen molar-refractivity contribution >= 4 is 17.3 Å². The summed E-state index contributed by atoms with van der Waals surface area (Å²) in [6.07, 6.45) is -0.0380. The Morgan fingerprint density at radius 2 is 1.91 bits per heavy atom. The van der Waals surface area contributed by atoms with Gasteiger partial charge in [-0.05, 0) is 81.5 Å². The highest BCUT2D eigenvalue weighted by atomic mass is 19.4. The number of carbonyl (C=O) groups is 1. The highest BCUT2D eigenvalue weighted by Crippen LogP contribution is 2.38. The lowest BCUT2D eigenvalue weighted by molar-refractivity contribution is -0.137. The van der Waals surface area contributed by atoms with Crippen molar-refractivity contribution in [2.45, 2.75) is 38.9 Å². The van der Waals surface area contributed by atoms with E-state index in [4.69, 9.17) is 4.74 Å². The van der Waals surface area contributed by atoms with Crippen LogP contribution >= 0.6 is 0 Å². The van der Waals surface area contributed by atoms with Crippen molar-refractivity contribution in [3.8, 4) is 22.9 Å². The number of anilines is 2. The van der Waals surface area contributed by atoms with Gasteiger partial charge in [0.25, 0.3) is 5.91 Å². The molecule has 3 heterocycles. The molecule has 0 bridgehead atoms. The lowest BCUT2D eigenvalue weighted by atomic mass is 10.1. The lowest BCUT2D eigenvalue weighted by Gasteiger charge is -2.25. The van der Waals surface area contributed by atoms with Crippen LogP contribution in [0.25, 0.3) is 11.3 Å². The van der Waals surface area contributed by atoms with E-state index in [1.807, 2.05) is 30.8 Å². The number of halogens is 4.